The van der Waals surface area contributed by atoms with Gasteiger partial charge in [0.05, 0.1) is 11.4 Å². The van der Waals surface area contributed by atoms with E-state index in [2.05, 4.69) is 0 Å². The van der Waals surface area contributed by atoms with Gasteiger partial charge in [-0.15, -0.1) is 0 Å². The van der Waals surface area contributed by atoms with Crippen LogP contribution < -0.4 is 0 Å². The molecule has 4 rings (SSSR count). The zero-order valence-corrected chi connectivity index (χ0v) is 19.1. The lowest BCUT2D eigenvalue weighted by Crippen LogP contribution is -2.43. The summed E-state index contributed by atoms with van der Waals surface area (Å²) in [7, 11) is 1.56. The Morgan fingerprint density at radius 1 is 1.03 bits per heavy atom. The monoisotopic (exact) mass is 452 g/mol. The third-order valence-corrected chi connectivity index (χ3v) is 5.67. The molecule has 170 valence electrons. The number of amides is 2. The van der Waals surface area contributed by atoms with Crippen molar-refractivity contribution < 1.29 is 14.3 Å². The van der Waals surface area contributed by atoms with E-state index in [4.69, 9.17) is 9.84 Å². The van der Waals surface area contributed by atoms with Crippen LogP contribution in [0.3, 0.4) is 0 Å². The number of para-hydroxylation sites is 1. The van der Waals surface area contributed by atoms with Gasteiger partial charge in [0.15, 0.2) is 0 Å². The molecule has 0 bridgehead atoms. The molecule has 2 heterocycles. The number of carbonyl (C=O) groups is 2. The maximum atomic E-state index is 13.4. The molecule has 2 amide bonds. The van der Waals surface area contributed by atoms with Gasteiger partial charge in [-0.3, -0.25) is 14.5 Å². The Labute approximate surface area is 198 Å². The standard InChI is InChI=1S/C27H24N4O3/c1-19-23(26(32)30(14-9-15-34-2)27(33)24(19)17-28)16-21-18-31(22-12-7-4-8-13-22)29-25(21)20-10-5-3-6-11-20/h3-8,10-13,16,18H,9,14-15H2,1-2H3/b23-16+. The Morgan fingerprint density at radius 3 is 2.35 bits per heavy atom. The lowest BCUT2D eigenvalue weighted by atomic mass is 9.93. The Hall–Kier alpha value is -4.28. The summed E-state index contributed by atoms with van der Waals surface area (Å²) in [5, 5.41) is 14.4. The van der Waals surface area contributed by atoms with Crippen LogP contribution in [-0.4, -0.2) is 46.8 Å². The molecule has 7 nitrogen and oxygen atoms in total. The fourth-order valence-corrected chi connectivity index (χ4v) is 3.88. The second kappa shape index (κ2) is 10.1. The summed E-state index contributed by atoms with van der Waals surface area (Å²) in [5.41, 5.74) is 3.81. The van der Waals surface area contributed by atoms with Crippen LogP contribution in [0.25, 0.3) is 23.0 Å². The largest absolute Gasteiger partial charge is 0.385 e. The minimum atomic E-state index is -0.568. The number of benzene rings is 2. The Balaban J connectivity index is 1.85. The van der Waals surface area contributed by atoms with Crippen molar-refractivity contribution in [2.75, 3.05) is 20.3 Å². The average molecular weight is 453 g/mol. The van der Waals surface area contributed by atoms with Crippen molar-refractivity contribution in [3.05, 3.63) is 89.1 Å². The Morgan fingerprint density at radius 2 is 1.71 bits per heavy atom. The van der Waals surface area contributed by atoms with E-state index in [1.54, 1.807) is 24.8 Å². The lowest BCUT2D eigenvalue weighted by molar-refractivity contribution is -0.140. The zero-order valence-electron chi connectivity index (χ0n) is 19.1. The van der Waals surface area contributed by atoms with Crippen LogP contribution >= 0.6 is 0 Å². The molecule has 1 aliphatic rings. The third kappa shape index (κ3) is 4.45. The summed E-state index contributed by atoms with van der Waals surface area (Å²) < 4.78 is 6.82. The first-order valence-electron chi connectivity index (χ1n) is 10.9. The maximum absolute atomic E-state index is 13.4. The SMILES string of the molecule is COCCCN1C(=O)C(C#N)=C(C)/C(=C\c2cn(-c3ccccc3)nc2-c2ccccc2)C1=O. The number of aromatic nitrogens is 2. The predicted molar refractivity (Wildman–Crippen MR) is 129 cm³/mol. The lowest BCUT2D eigenvalue weighted by Gasteiger charge is -2.27. The van der Waals surface area contributed by atoms with Gasteiger partial charge in [0.2, 0.25) is 0 Å². The van der Waals surface area contributed by atoms with E-state index in [0.717, 1.165) is 16.2 Å². The first-order valence-corrected chi connectivity index (χ1v) is 10.9. The van der Waals surface area contributed by atoms with Crippen molar-refractivity contribution in [3.8, 4) is 23.0 Å². The molecule has 0 spiro atoms. The van der Waals surface area contributed by atoms with Gasteiger partial charge in [-0.05, 0) is 37.1 Å². The number of nitrogens with zero attached hydrogens (tertiary/aromatic N) is 4. The van der Waals surface area contributed by atoms with E-state index >= 15 is 0 Å². The molecular weight excluding hydrogens is 428 g/mol. The fourth-order valence-electron chi connectivity index (χ4n) is 3.88. The molecule has 7 heteroatoms. The van der Waals surface area contributed by atoms with Crippen molar-refractivity contribution in [2.24, 2.45) is 0 Å². The van der Waals surface area contributed by atoms with Crippen molar-refractivity contribution in [2.45, 2.75) is 13.3 Å². The summed E-state index contributed by atoms with van der Waals surface area (Å²) in [6.45, 7) is 2.22. The van der Waals surface area contributed by atoms with Crippen LogP contribution in [0.4, 0.5) is 0 Å². The van der Waals surface area contributed by atoms with E-state index in [0.29, 0.717) is 35.4 Å². The zero-order chi connectivity index (χ0) is 24.1. The molecule has 34 heavy (non-hydrogen) atoms. The van der Waals surface area contributed by atoms with Crippen molar-refractivity contribution in [1.82, 2.24) is 14.7 Å². The first kappa shape index (κ1) is 22.9. The van der Waals surface area contributed by atoms with Gasteiger partial charge in [0.25, 0.3) is 11.8 Å². The van der Waals surface area contributed by atoms with E-state index in [9.17, 15) is 14.9 Å². The molecule has 0 aliphatic carbocycles. The molecule has 2 aromatic carbocycles. The molecule has 1 aliphatic heterocycles. The molecule has 0 radical (unpaired) electrons. The maximum Gasteiger partial charge on any atom is 0.271 e. The smallest absolute Gasteiger partial charge is 0.271 e. The van der Waals surface area contributed by atoms with Crippen molar-refractivity contribution in [1.29, 1.82) is 5.26 Å². The number of carbonyl (C=O) groups excluding carboxylic acids is 2. The summed E-state index contributed by atoms with van der Waals surface area (Å²) in [6, 6.07) is 21.3. The van der Waals surface area contributed by atoms with Gasteiger partial charge in [-0.1, -0.05) is 48.5 Å². The van der Waals surface area contributed by atoms with Crippen LogP contribution in [0, 0.1) is 11.3 Å². The second-order valence-corrected chi connectivity index (χ2v) is 7.86. The van der Waals surface area contributed by atoms with Crippen molar-refractivity contribution >= 4 is 17.9 Å². The number of imide groups is 1. The molecule has 0 unspecified atom stereocenters. The van der Waals surface area contributed by atoms with Crippen LogP contribution in [0.1, 0.15) is 18.9 Å². The van der Waals surface area contributed by atoms with Gasteiger partial charge in [-0.2, -0.15) is 10.4 Å². The van der Waals surface area contributed by atoms with Gasteiger partial charge < -0.3 is 4.74 Å². The molecule has 0 N–H and O–H groups in total. The van der Waals surface area contributed by atoms with Gasteiger partial charge in [-0.25, -0.2) is 4.68 Å². The predicted octanol–water partition coefficient (Wildman–Crippen LogP) is 4.17. The van der Waals surface area contributed by atoms with Crippen LogP contribution in [-0.2, 0) is 14.3 Å². The molecule has 3 aromatic rings. The quantitative estimate of drug-likeness (QED) is 0.305. The first-order chi connectivity index (χ1) is 16.5. The number of methoxy groups -OCH3 is 1. The van der Waals surface area contributed by atoms with E-state index < -0.39 is 11.8 Å². The number of rotatable bonds is 7. The van der Waals surface area contributed by atoms with Gasteiger partial charge in [0.1, 0.15) is 11.6 Å². The third-order valence-electron chi connectivity index (χ3n) is 5.67. The Kier molecular flexibility index (Phi) is 6.81. The summed E-state index contributed by atoms with van der Waals surface area (Å²) in [4.78, 5) is 27.3. The number of nitriles is 1. The second-order valence-electron chi connectivity index (χ2n) is 7.86. The van der Waals surface area contributed by atoms with Crippen LogP contribution in [0.2, 0.25) is 0 Å². The van der Waals surface area contributed by atoms with E-state index in [1.165, 1.54) is 0 Å². The highest BCUT2D eigenvalue weighted by Crippen LogP contribution is 2.31. The molecule has 0 saturated heterocycles. The average Bonchev–Trinajstić information content (AvgIpc) is 3.29. The number of ether oxygens (including phenoxy) is 1. The van der Waals surface area contributed by atoms with Crippen LogP contribution in [0.15, 0.2) is 83.6 Å². The molecule has 0 fully saturated rings. The molecule has 1 aromatic heterocycles. The summed E-state index contributed by atoms with van der Waals surface area (Å²) >= 11 is 0. The molecule has 0 saturated carbocycles. The topological polar surface area (TPSA) is 88.2 Å². The summed E-state index contributed by atoms with van der Waals surface area (Å²) in [6.07, 6.45) is 4.06. The minimum absolute atomic E-state index is 0.0278. The van der Waals surface area contributed by atoms with E-state index in [-0.39, 0.29) is 12.1 Å². The minimum Gasteiger partial charge on any atom is -0.385 e. The van der Waals surface area contributed by atoms with E-state index in [1.807, 2.05) is 72.9 Å². The van der Waals surface area contributed by atoms with Crippen LogP contribution in [0.5, 0.6) is 0 Å². The number of hydrogen-bond acceptors (Lipinski definition) is 5. The number of hydrogen-bond donors (Lipinski definition) is 0. The normalized spacial score (nSPS) is 15.2. The molecule has 0 atom stereocenters. The highest BCUT2D eigenvalue weighted by Gasteiger charge is 2.35. The molecular formula is C27H24N4O3. The highest BCUT2D eigenvalue weighted by atomic mass is 16.5. The fraction of sp³-hybridized carbons (Fsp3) is 0.185. The summed E-state index contributed by atoms with van der Waals surface area (Å²) in [5.74, 6) is -0.995. The highest BCUT2D eigenvalue weighted by molar-refractivity contribution is 6.19. The Bertz CT molecular complexity index is 1310. The van der Waals surface area contributed by atoms with Crippen molar-refractivity contribution in [3.63, 3.8) is 0 Å². The van der Waals surface area contributed by atoms with Gasteiger partial charge in [0, 0.05) is 43.2 Å². The van der Waals surface area contributed by atoms with Gasteiger partial charge >= 0.3 is 0 Å².